The highest BCUT2D eigenvalue weighted by atomic mass is 32.1. The molecule has 0 aliphatic carbocycles. The molecule has 1 amide bonds. The molecule has 0 aliphatic heterocycles. The van der Waals surface area contributed by atoms with Crippen molar-refractivity contribution in [3.05, 3.63) is 52.2 Å². The molecule has 17 heavy (non-hydrogen) atoms. The minimum Gasteiger partial charge on any atom is -0.325 e. The first-order valence-electron chi connectivity index (χ1n) is 5.11. The first kappa shape index (κ1) is 11.4. The van der Waals surface area contributed by atoms with Gasteiger partial charge in [-0.3, -0.25) is 4.79 Å². The molecule has 0 atom stereocenters. The highest BCUT2D eigenvalue weighted by Gasteiger charge is 2.07. The van der Waals surface area contributed by atoms with Crippen LogP contribution in [0.3, 0.4) is 0 Å². The van der Waals surface area contributed by atoms with Crippen LogP contribution < -0.4 is 5.32 Å². The zero-order valence-electron chi connectivity index (χ0n) is 9.01. The lowest BCUT2D eigenvalue weighted by atomic mass is 10.2. The molecule has 0 aliphatic rings. The summed E-state index contributed by atoms with van der Waals surface area (Å²) in [6, 6.07) is 12.9. The zero-order chi connectivity index (χ0) is 12.1. The van der Waals surface area contributed by atoms with Crippen molar-refractivity contribution in [2.75, 3.05) is 5.32 Å². The van der Waals surface area contributed by atoms with Crippen molar-refractivity contribution in [2.24, 2.45) is 0 Å². The fourth-order valence-corrected chi connectivity index (χ4v) is 2.16. The van der Waals surface area contributed by atoms with Gasteiger partial charge >= 0.3 is 0 Å². The van der Waals surface area contributed by atoms with Crippen LogP contribution in [0.15, 0.2) is 41.8 Å². The number of nitrogens with zero attached hydrogens (tertiary/aromatic N) is 1. The van der Waals surface area contributed by atoms with Gasteiger partial charge in [-0.15, -0.1) is 11.3 Å². The van der Waals surface area contributed by atoms with E-state index >= 15 is 0 Å². The lowest BCUT2D eigenvalue weighted by Gasteiger charge is -2.05. The smallest absolute Gasteiger partial charge is 0.229 e. The molecule has 0 bridgehead atoms. The molecule has 4 heteroatoms. The second-order valence-electron chi connectivity index (χ2n) is 3.46. The second-order valence-corrected chi connectivity index (χ2v) is 4.49. The number of benzene rings is 1. The topological polar surface area (TPSA) is 52.9 Å². The van der Waals surface area contributed by atoms with E-state index in [0.717, 1.165) is 4.88 Å². The number of carbonyl (C=O) groups excluding carboxylic acids is 1. The van der Waals surface area contributed by atoms with Gasteiger partial charge in [-0.1, -0.05) is 18.2 Å². The van der Waals surface area contributed by atoms with Crippen molar-refractivity contribution in [2.45, 2.75) is 6.42 Å². The molecule has 1 aromatic heterocycles. The Bertz CT molecular complexity index is 555. The Morgan fingerprint density at radius 2 is 2.12 bits per heavy atom. The van der Waals surface area contributed by atoms with Crippen LogP contribution >= 0.6 is 11.3 Å². The van der Waals surface area contributed by atoms with Crippen LogP contribution in [0.4, 0.5) is 5.69 Å². The van der Waals surface area contributed by atoms with Crippen molar-refractivity contribution >= 4 is 22.9 Å². The van der Waals surface area contributed by atoms with Gasteiger partial charge in [0, 0.05) is 4.88 Å². The maximum atomic E-state index is 11.7. The molecule has 2 rings (SSSR count). The van der Waals surface area contributed by atoms with Crippen LogP contribution in [0.25, 0.3) is 0 Å². The summed E-state index contributed by atoms with van der Waals surface area (Å²) < 4.78 is 0. The molecule has 0 fully saturated rings. The summed E-state index contributed by atoms with van der Waals surface area (Å²) in [6.45, 7) is 0. The number of para-hydroxylation sites is 1. The van der Waals surface area contributed by atoms with Crippen LogP contribution in [0.2, 0.25) is 0 Å². The SMILES string of the molecule is N#Cc1ccccc1NC(=O)Cc1cccs1. The van der Waals surface area contributed by atoms with Gasteiger partial charge in [0.15, 0.2) is 0 Å². The van der Waals surface area contributed by atoms with Gasteiger partial charge in [0.05, 0.1) is 17.7 Å². The van der Waals surface area contributed by atoms with Crippen molar-refractivity contribution in [3.8, 4) is 6.07 Å². The van der Waals surface area contributed by atoms with E-state index in [0.29, 0.717) is 17.7 Å². The number of rotatable bonds is 3. The number of anilines is 1. The lowest BCUT2D eigenvalue weighted by molar-refractivity contribution is -0.115. The highest BCUT2D eigenvalue weighted by molar-refractivity contribution is 7.10. The van der Waals surface area contributed by atoms with Crippen molar-refractivity contribution in [1.82, 2.24) is 0 Å². The molecule has 0 radical (unpaired) electrons. The summed E-state index contributed by atoms with van der Waals surface area (Å²) >= 11 is 1.55. The fraction of sp³-hybridized carbons (Fsp3) is 0.0769. The first-order chi connectivity index (χ1) is 8.29. The predicted octanol–water partition coefficient (Wildman–Crippen LogP) is 2.80. The molecule has 0 saturated heterocycles. The second kappa shape index (κ2) is 5.28. The van der Waals surface area contributed by atoms with E-state index in [9.17, 15) is 4.79 Å². The van der Waals surface area contributed by atoms with Gasteiger partial charge in [-0.05, 0) is 23.6 Å². The lowest BCUT2D eigenvalue weighted by Crippen LogP contribution is -2.14. The van der Waals surface area contributed by atoms with Crippen molar-refractivity contribution in [3.63, 3.8) is 0 Å². The Morgan fingerprint density at radius 1 is 1.29 bits per heavy atom. The number of amides is 1. The standard InChI is InChI=1S/C13H10N2OS/c14-9-10-4-1-2-6-12(10)15-13(16)8-11-5-3-7-17-11/h1-7H,8H2,(H,15,16). The third-order valence-electron chi connectivity index (χ3n) is 2.24. The minimum atomic E-state index is -0.102. The Hall–Kier alpha value is -2.12. The van der Waals surface area contributed by atoms with Gasteiger partial charge in [0.1, 0.15) is 6.07 Å². The average Bonchev–Trinajstić information content (AvgIpc) is 2.82. The molecule has 1 heterocycles. The number of hydrogen-bond acceptors (Lipinski definition) is 3. The van der Waals surface area contributed by atoms with E-state index in [1.807, 2.05) is 23.6 Å². The largest absolute Gasteiger partial charge is 0.325 e. The quantitative estimate of drug-likeness (QED) is 0.899. The number of nitriles is 1. The highest BCUT2D eigenvalue weighted by Crippen LogP contribution is 2.15. The van der Waals surface area contributed by atoms with Crippen molar-refractivity contribution in [1.29, 1.82) is 5.26 Å². The molecule has 0 saturated carbocycles. The van der Waals surface area contributed by atoms with E-state index in [1.165, 1.54) is 0 Å². The maximum absolute atomic E-state index is 11.7. The molecule has 84 valence electrons. The van der Waals surface area contributed by atoms with E-state index in [1.54, 1.807) is 35.6 Å². The fourth-order valence-electron chi connectivity index (χ4n) is 1.46. The molecular formula is C13H10N2OS. The summed E-state index contributed by atoms with van der Waals surface area (Å²) in [6.07, 6.45) is 0.345. The minimum absolute atomic E-state index is 0.102. The van der Waals surface area contributed by atoms with Crippen LogP contribution in [-0.4, -0.2) is 5.91 Å². The van der Waals surface area contributed by atoms with Crippen molar-refractivity contribution < 1.29 is 4.79 Å². The predicted molar refractivity (Wildman–Crippen MR) is 67.8 cm³/mol. The molecule has 0 spiro atoms. The summed E-state index contributed by atoms with van der Waals surface area (Å²) in [7, 11) is 0. The first-order valence-corrected chi connectivity index (χ1v) is 5.99. The van der Waals surface area contributed by atoms with Gasteiger partial charge in [-0.25, -0.2) is 0 Å². The molecule has 1 N–H and O–H groups in total. The van der Waals surface area contributed by atoms with Gasteiger partial charge in [0.25, 0.3) is 0 Å². The summed E-state index contributed by atoms with van der Waals surface area (Å²) in [5.41, 5.74) is 1.04. The molecule has 3 nitrogen and oxygen atoms in total. The Labute approximate surface area is 103 Å². The number of nitrogens with one attached hydrogen (secondary N) is 1. The van der Waals surface area contributed by atoms with E-state index in [2.05, 4.69) is 5.32 Å². The normalized spacial score (nSPS) is 9.59. The Kier molecular flexibility index (Phi) is 3.53. The van der Waals surface area contributed by atoms with Gasteiger partial charge in [0.2, 0.25) is 5.91 Å². The van der Waals surface area contributed by atoms with Crippen LogP contribution in [-0.2, 0) is 11.2 Å². The van der Waals surface area contributed by atoms with E-state index in [4.69, 9.17) is 5.26 Å². The van der Waals surface area contributed by atoms with Gasteiger partial charge in [-0.2, -0.15) is 5.26 Å². The number of carbonyl (C=O) groups is 1. The number of thiophene rings is 1. The average molecular weight is 242 g/mol. The monoisotopic (exact) mass is 242 g/mol. The zero-order valence-corrected chi connectivity index (χ0v) is 9.83. The van der Waals surface area contributed by atoms with Crippen LogP contribution in [0.5, 0.6) is 0 Å². The summed E-state index contributed by atoms with van der Waals surface area (Å²) in [4.78, 5) is 12.7. The molecular weight excluding hydrogens is 232 g/mol. The van der Waals surface area contributed by atoms with Crippen LogP contribution in [0.1, 0.15) is 10.4 Å². The third-order valence-corrected chi connectivity index (χ3v) is 3.11. The Balaban J connectivity index is 2.06. The Morgan fingerprint density at radius 3 is 2.82 bits per heavy atom. The van der Waals surface area contributed by atoms with Crippen LogP contribution in [0, 0.1) is 11.3 Å². The summed E-state index contributed by atoms with van der Waals surface area (Å²) in [5, 5.41) is 13.6. The molecule has 2 aromatic rings. The van der Waals surface area contributed by atoms with E-state index < -0.39 is 0 Å². The van der Waals surface area contributed by atoms with Gasteiger partial charge < -0.3 is 5.32 Å². The maximum Gasteiger partial charge on any atom is 0.229 e. The molecule has 0 unspecified atom stereocenters. The van der Waals surface area contributed by atoms with E-state index in [-0.39, 0.29) is 5.91 Å². The third kappa shape index (κ3) is 2.92. The summed E-state index contributed by atoms with van der Waals surface area (Å²) in [5.74, 6) is -0.102. The number of hydrogen-bond donors (Lipinski definition) is 1. The molecule has 1 aromatic carbocycles.